The molecule has 0 bridgehead atoms. The zero-order chi connectivity index (χ0) is 21.3. The third kappa shape index (κ3) is 4.63. The highest BCUT2D eigenvalue weighted by Crippen LogP contribution is 2.56. The summed E-state index contributed by atoms with van der Waals surface area (Å²) in [4.78, 5) is 12.3. The summed E-state index contributed by atoms with van der Waals surface area (Å²) in [6.45, 7) is 2.42. The molecule has 2 N–H and O–H groups in total. The standard InChI is InChI=1S/C18H20ClFN5O4P/c1-11(7-25-9-24-16-17(21)22-8-23-18(16)25)27-10-30(26)28-3-2-15(29-30)12-4-13(19)6-14(20)5-12/h4-6,8-9,11,15H,2-3,7,10H2,1H3,(H2,21,22,23)/t11-,15-,30+/m1/s1. The van der Waals surface area contributed by atoms with Gasteiger partial charge in [-0.05, 0) is 30.7 Å². The normalized spacial score (nSPS) is 23.0. The Morgan fingerprint density at radius 2 is 2.23 bits per heavy atom. The lowest BCUT2D eigenvalue weighted by Crippen LogP contribution is -2.21. The van der Waals surface area contributed by atoms with Gasteiger partial charge in [-0.15, -0.1) is 0 Å². The van der Waals surface area contributed by atoms with Crippen molar-refractivity contribution < 1.29 is 22.7 Å². The third-order valence-corrected chi connectivity index (χ3v) is 6.45. The SMILES string of the molecule is C[C@H](Cn1cnc2c(N)ncnc21)OC[P@]1(=O)OCC[C@H](c2cc(F)cc(Cl)c2)O1. The molecule has 0 unspecified atom stereocenters. The van der Waals surface area contributed by atoms with Crippen molar-refractivity contribution in [3.8, 4) is 0 Å². The highest BCUT2D eigenvalue weighted by molar-refractivity contribution is 7.53. The Hall–Kier alpha value is -2.10. The fourth-order valence-corrected chi connectivity index (χ4v) is 5.07. The van der Waals surface area contributed by atoms with Gasteiger partial charge in [0.05, 0.1) is 31.7 Å². The number of nitrogen functional groups attached to an aromatic ring is 1. The van der Waals surface area contributed by atoms with Gasteiger partial charge in [-0.3, -0.25) is 9.09 Å². The zero-order valence-electron chi connectivity index (χ0n) is 16.1. The molecule has 0 radical (unpaired) electrons. The molecule has 3 heterocycles. The molecular weight excluding hydrogens is 436 g/mol. The summed E-state index contributed by atoms with van der Waals surface area (Å²) in [6, 6.07) is 4.10. The Morgan fingerprint density at radius 1 is 1.40 bits per heavy atom. The Kier molecular flexibility index (Phi) is 6.04. The van der Waals surface area contributed by atoms with Crippen LogP contribution in [0.25, 0.3) is 11.2 Å². The van der Waals surface area contributed by atoms with E-state index in [1.54, 1.807) is 17.0 Å². The lowest BCUT2D eigenvalue weighted by molar-refractivity contribution is 0.0339. The van der Waals surface area contributed by atoms with E-state index in [1.807, 2.05) is 6.92 Å². The highest BCUT2D eigenvalue weighted by atomic mass is 35.5. The van der Waals surface area contributed by atoms with Gasteiger partial charge in [0.15, 0.2) is 11.5 Å². The third-order valence-electron chi connectivity index (χ3n) is 4.61. The Labute approximate surface area is 176 Å². The Morgan fingerprint density at radius 3 is 3.03 bits per heavy atom. The molecule has 1 aliphatic rings. The number of fused-ring (bicyclic) bond motifs is 1. The topological polar surface area (TPSA) is 114 Å². The van der Waals surface area contributed by atoms with Crippen molar-refractivity contribution in [2.75, 3.05) is 18.7 Å². The van der Waals surface area contributed by atoms with Crippen LogP contribution in [0.2, 0.25) is 5.02 Å². The number of benzene rings is 1. The van der Waals surface area contributed by atoms with E-state index in [4.69, 9.17) is 31.1 Å². The molecule has 2 aromatic heterocycles. The molecular formula is C18H20ClFN5O4P. The van der Waals surface area contributed by atoms with Crippen molar-refractivity contribution in [1.29, 1.82) is 0 Å². The summed E-state index contributed by atoms with van der Waals surface area (Å²) in [5.74, 6) is -0.187. The highest BCUT2D eigenvalue weighted by Gasteiger charge is 2.35. The van der Waals surface area contributed by atoms with Crippen LogP contribution in [0, 0.1) is 5.82 Å². The van der Waals surface area contributed by atoms with E-state index >= 15 is 0 Å². The van der Waals surface area contributed by atoms with Crippen LogP contribution in [-0.2, 0) is 24.9 Å². The Bertz CT molecular complexity index is 1090. The maximum atomic E-state index is 13.7. The second-order valence-corrected chi connectivity index (χ2v) is 9.35. The van der Waals surface area contributed by atoms with Crippen LogP contribution in [0.4, 0.5) is 10.2 Å². The largest absolute Gasteiger partial charge is 0.382 e. The van der Waals surface area contributed by atoms with Crippen LogP contribution in [0.1, 0.15) is 25.0 Å². The first-order chi connectivity index (χ1) is 14.3. The first kappa shape index (κ1) is 21.1. The van der Waals surface area contributed by atoms with Gasteiger partial charge in [-0.2, -0.15) is 0 Å². The number of imidazole rings is 1. The van der Waals surface area contributed by atoms with Crippen molar-refractivity contribution in [3.63, 3.8) is 0 Å². The monoisotopic (exact) mass is 455 g/mol. The molecule has 0 amide bonds. The van der Waals surface area contributed by atoms with Crippen LogP contribution in [0.5, 0.6) is 0 Å². The van der Waals surface area contributed by atoms with E-state index < -0.39 is 19.5 Å². The van der Waals surface area contributed by atoms with Gasteiger partial charge in [0.1, 0.15) is 24.0 Å². The van der Waals surface area contributed by atoms with Gasteiger partial charge in [0.2, 0.25) is 0 Å². The molecule has 1 aromatic carbocycles. The number of halogens is 2. The van der Waals surface area contributed by atoms with Gasteiger partial charge >= 0.3 is 7.60 Å². The number of ether oxygens (including phenoxy) is 1. The predicted octanol–water partition coefficient (Wildman–Crippen LogP) is 3.93. The maximum Gasteiger partial charge on any atom is 0.356 e. The molecule has 4 rings (SSSR count). The molecule has 9 nitrogen and oxygen atoms in total. The quantitative estimate of drug-likeness (QED) is 0.556. The van der Waals surface area contributed by atoms with Crippen LogP contribution in [0.3, 0.4) is 0 Å². The lowest BCUT2D eigenvalue weighted by atomic mass is 10.1. The molecule has 12 heteroatoms. The van der Waals surface area contributed by atoms with Crippen LogP contribution in [-0.4, -0.2) is 38.6 Å². The van der Waals surface area contributed by atoms with Gasteiger partial charge in [-0.1, -0.05) is 11.6 Å². The summed E-state index contributed by atoms with van der Waals surface area (Å²) >= 11 is 5.92. The van der Waals surface area contributed by atoms with Crippen molar-refractivity contribution in [2.24, 2.45) is 0 Å². The second kappa shape index (κ2) is 8.56. The molecule has 1 aliphatic heterocycles. The summed E-state index contributed by atoms with van der Waals surface area (Å²) < 4.78 is 45.2. The number of rotatable bonds is 6. The van der Waals surface area contributed by atoms with E-state index in [0.717, 1.165) is 0 Å². The second-order valence-electron chi connectivity index (χ2n) is 6.96. The van der Waals surface area contributed by atoms with Crippen LogP contribution < -0.4 is 5.73 Å². The summed E-state index contributed by atoms with van der Waals surface area (Å²) in [5.41, 5.74) is 7.40. The van der Waals surface area contributed by atoms with Gasteiger partial charge in [0.25, 0.3) is 0 Å². The smallest absolute Gasteiger partial charge is 0.356 e. The molecule has 1 fully saturated rings. The van der Waals surface area contributed by atoms with Crippen molar-refractivity contribution in [3.05, 3.63) is 47.3 Å². The van der Waals surface area contributed by atoms with E-state index in [0.29, 0.717) is 35.5 Å². The van der Waals surface area contributed by atoms with E-state index in [9.17, 15) is 8.96 Å². The fourth-order valence-electron chi connectivity index (χ4n) is 3.21. The van der Waals surface area contributed by atoms with E-state index in [-0.39, 0.29) is 24.1 Å². The minimum atomic E-state index is -3.52. The maximum absolute atomic E-state index is 13.7. The average molecular weight is 456 g/mol. The molecule has 0 spiro atoms. The summed E-state index contributed by atoms with van der Waals surface area (Å²) in [6.07, 6.45) is 2.21. The van der Waals surface area contributed by atoms with Gasteiger partial charge in [0, 0.05) is 11.4 Å². The lowest BCUT2D eigenvalue weighted by Gasteiger charge is -2.30. The molecule has 0 aliphatic carbocycles. The summed E-state index contributed by atoms with van der Waals surface area (Å²) in [5, 5.41) is 0.247. The zero-order valence-corrected chi connectivity index (χ0v) is 17.7. The van der Waals surface area contributed by atoms with E-state index in [2.05, 4.69) is 15.0 Å². The minimum Gasteiger partial charge on any atom is -0.382 e. The van der Waals surface area contributed by atoms with Crippen LogP contribution >= 0.6 is 19.2 Å². The van der Waals surface area contributed by atoms with Crippen molar-refractivity contribution in [2.45, 2.75) is 32.1 Å². The molecule has 30 heavy (non-hydrogen) atoms. The number of nitrogens with zero attached hydrogens (tertiary/aromatic N) is 4. The fraction of sp³-hybridized carbons (Fsp3) is 0.389. The number of nitrogens with two attached hydrogens (primary N) is 1. The minimum absolute atomic E-state index is 0.205. The number of aromatic nitrogens is 4. The van der Waals surface area contributed by atoms with Crippen LogP contribution in [0.15, 0.2) is 30.9 Å². The number of anilines is 1. The van der Waals surface area contributed by atoms with Crippen molar-refractivity contribution >= 4 is 36.2 Å². The average Bonchev–Trinajstić information content (AvgIpc) is 3.10. The molecule has 1 saturated heterocycles. The molecule has 0 saturated carbocycles. The first-order valence-electron chi connectivity index (χ1n) is 9.24. The summed E-state index contributed by atoms with van der Waals surface area (Å²) in [7, 11) is -3.52. The first-order valence-corrected chi connectivity index (χ1v) is 11.3. The molecule has 3 aromatic rings. The Balaban J connectivity index is 1.39. The molecule has 160 valence electrons. The van der Waals surface area contributed by atoms with Gasteiger partial charge in [-0.25, -0.2) is 19.3 Å². The number of hydrogen-bond donors (Lipinski definition) is 1. The predicted molar refractivity (Wildman–Crippen MR) is 109 cm³/mol. The van der Waals surface area contributed by atoms with Crippen molar-refractivity contribution in [1.82, 2.24) is 19.5 Å². The van der Waals surface area contributed by atoms with E-state index in [1.165, 1.54) is 18.5 Å². The van der Waals surface area contributed by atoms with Gasteiger partial charge < -0.3 is 19.6 Å². The number of hydrogen-bond acceptors (Lipinski definition) is 8. The molecule has 3 atom stereocenters.